The Morgan fingerprint density at radius 1 is 1.29 bits per heavy atom. The van der Waals surface area contributed by atoms with Crippen LogP contribution in [0, 0.1) is 5.41 Å². The molecule has 0 saturated carbocycles. The minimum absolute atomic E-state index is 0.00701. The molecule has 0 radical (unpaired) electrons. The first-order chi connectivity index (χ1) is 9.75. The van der Waals surface area contributed by atoms with Crippen LogP contribution >= 0.6 is 0 Å². The second kappa shape index (κ2) is 5.48. The molecule has 1 fully saturated rings. The summed E-state index contributed by atoms with van der Waals surface area (Å²) < 4.78 is 42.5. The Hall–Kier alpha value is -1.89. The summed E-state index contributed by atoms with van der Waals surface area (Å²) in [5, 5.41) is 9.32. The average Bonchev–Trinajstić information content (AvgIpc) is 2.41. The maximum Gasteiger partial charge on any atom is 0.416 e. The normalized spacial score (nSPS) is 23.1. The minimum Gasteiger partial charge on any atom is -0.480 e. The highest BCUT2D eigenvalue weighted by Gasteiger charge is 2.48. The van der Waals surface area contributed by atoms with Crippen molar-refractivity contribution in [3.8, 4) is 0 Å². The number of Topliss-reactive ketones (excluding diaryl/α,β-unsaturated/α-hetero) is 1. The van der Waals surface area contributed by atoms with Gasteiger partial charge in [-0.15, -0.1) is 0 Å². The molecule has 2 rings (SSSR count). The molecule has 1 aliphatic heterocycles. The number of carboxylic acids is 1. The lowest BCUT2D eigenvalue weighted by Gasteiger charge is -2.31. The predicted molar refractivity (Wildman–Crippen MR) is 65.7 cm³/mol. The van der Waals surface area contributed by atoms with Crippen LogP contribution in [0.25, 0.3) is 0 Å². The number of aliphatic carboxylic acids is 1. The van der Waals surface area contributed by atoms with Gasteiger partial charge in [0.05, 0.1) is 18.8 Å². The lowest BCUT2D eigenvalue weighted by molar-refractivity contribution is -0.164. The van der Waals surface area contributed by atoms with E-state index in [1.165, 1.54) is 12.1 Å². The Labute approximate surface area is 118 Å². The van der Waals surface area contributed by atoms with E-state index in [0.29, 0.717) is 5.56 Å². The highest BCUT2D eigenvalue weighted by Crippen LogP contribution is 2.32. The topological polar surface area (TPSA) is 63.6 Å². The highest BCUT2D eigenvalue weighted by molar-refractivity contribution is 6.04. The van der Waals surface area contributed by atoms with Crippen LogP contribution in [0.15, 0.2) is 24.3 Å². The molecule has 1 unspecified atom stereocenters. The van der Waals surface area contributed by atoms with Crippen LogP contribution in [0.5, 0.6) is 0 Å². The zero-order chi connectivity index (χ0) is 15.7. The van der Waals surface area contributed by atoms with E-state index >= 15 is 0 Å². The lowest BCUT2D eigenvalue weighted by atomic mass is 9.76. The van der Waals surface area contributed by atoms with Gasteiger partial charge < -0.3 is 9.84 Å². The van der Waals surface area contributed by atoms with Gasteiger partial charge in [0.1, 0.15) is 0 Å². The van der Waals surface area contributed by atoms with Crippen molar-refractivity contribution in [2.45, 2.75) is 19.0 Å². The molecule has 1 heterocycles. The molecule has 21 heavy (non-hydrogen) atoms. The maximum absolute atomic E-state index is 12.5. The van der Waals surface area contributed by atoms with Crippen LogP contribution in [0.3, 0.4) is 0 Å². The van der Waals surface area contributed by atoms with Gasteiger partial charge in [0, 0.05) is 6.42 Å². The molecule has 1 aromatic rings. The molecule has 0 aliphatic carbocycles. The van der Waals surface area contributed by atoms with Crippen molar-refractivity contribution in [2.75, 3.05) is 13.2 Å². The molecule has 0 spiro atoms. The first kappa shape index (κ1) is 15.5. The molecule has 4 nitrogen and oxygen atoms in total. The van der Waals surface area contributed by atoms with E-state index in [0.717, 1.165) is 12.1 Å². The largest absolute Gasteiger partial charge is 0.480 e. The molecule has 0 amide bonds. The Morgan fingerprint density at radius 2 is 1.90 bits per heavy atom. The van der Waals surface area contributed by atoms with Gasteiger partial charge in [0.15, 0.2) is 11.2 Å². The summed E-state index contributed by atoms with van der Waals surface area (Å²) in [7, 11) is 0. The number of ketones is 1. The first-order valence-corrected chi connectivity index (χ1v) is 6.26. The summed E-state index contributed by atoms with van der Waals surface area (Å²) in [6, 6.07) is 4.13. The van der Waals surface area contributed by atoms with Crippen molar-refractivity contribution >= 4 is 11.8 Å². The number of rotatable bonds is 3. The zero-order valence-electron chi connectivity index (χ0n) is 10.9. The number of benzene rings is 1. The summed E-state index contributed by atoms with van der Waals surface area (Å²) in [5.41, 5.74) is -2.18. The number of carbonyl (C=O) groups excluding carboxylic acids is 1. The van der Waals surface area contributed by atoms with Gasteiger partial charge in [-0.05, 0) is 24.1 Å². The summed E-state index contributed by atoms with van der Waals surface area (Å²) in [6.45, 7) is -0.0942. The van der Waals surface area contributed by atoms with Crippen LogP contribution in [0.2, 0.25) is 0 Å². The van der Waals surface area contributed by atoms with Crippen LogP contribution in [-0.4, -0.2) is 30.1 Å². The number of halogens is 3. The SMILES string of the molecule is O=C(O)C1(Cc2ccc(C(F)(F)F)cc2)COCCC1=O. The molecule has 1 saturated heterocycles. The van der Waals surface area contributed by atoms with Gasteiger partial charge in [-0.2, -0.15) is 13.2 Å². The fourth-order valence-corrected chi connectivity index (χ4v) is 2.30. The van der Waals surface area contributed by atoms with Gasteiger partial charge in [-0.3, -0.25) is 9.59 Å². The minimum atomic E-state index is -4.45. The lowest BCUT2D eigenvalue weighted by Crippen LogP contribution is -2.48. The number of hydrogen-bond acceptors (Lipinski definition) is 3. The highest BCUT2D eigenvalue weighted by atomic mass is 19.4. The van der Waals surface area contributed by atoms with Crippen LogP contribution < -0.4 is 0 Å². The molecule has 1 aliphatic rings. The second-order valence-corrected chi connectivity index (χ2v) is 4.98. The monoisotopic (exact) mass is 302 g/mol. The number of hydrogen-bond donors (Lipinski definition) is 1. The zero-order valence-corrected chi connectivity index (χ0v) is 10.9. The molecule has 0 bridgehead atoms. The van der Waals surface area contributed by atoms with Crippen molar-refractivity contribution in [3.05, 3.63) is 35.4 Å². The number of carboxylic acid groups (broad SMARTS) is 1. The van der Waals surface area contributed by atoms with E-state index in [9.17, 15) is 27.9 Å². The second-order valence-electron chi connectivity index (χ2n) is 4.98. The standard InChI is InChI=1S/C14H13F3O4/c15-14(16,17)10-3-1-9(2-4-10)7-13(12(19)20)8-21-6-5-11(13)18/h1-4H,5-8H2,(H,19,20). The first-order valence-electron chi connectivity index (χ1n) is 6.26. The summed E-state index contributed by atoms with van der Waals surface area (Å²) >= 11 is 0. The van der Waals surface area contributed by atoms with Crippen molar-refractivity contribution in [1.82, 2.24) is 0 Å². The molecule has 7 heteroatoms. The fourth-order valence-electron chi connectivity index (χ4n) is 2.30. The van der Waals surface area contributed by atoms with Gasteiger partial charge in [0.25, 0.3) is 0 Å². The van der Waals surface area contributed by atoms with Crippen molar-refractivity contribution in [1.29, 1.82) is 0 Å². The van der Waals surface area contributed by atoms with E-state index < -0.39 is 28.9 Å². The molecule has 114 valence electrons. The Morgan fingerprint density at radius 3 is 2.38 bits per heavy atom. The third-order valence-corrected chi connectivity index (χ3v) is 3.55. The van der Waals surface area contributed by atoms with Gasteiger partial charge in [-0.1, -0.05) is 12.1 Å². The van der Waals surface area contributed by atoms with Gasteiger partial charge >= 0.3 is 12.1 Å². The number of carbonyl (C=O) groups is 2. The Balaban J connectivity index is 2.26. The molecule has 0 aromatic heterocycles. The summed E-state index contributed by atoms with van der Waals surface area (Å²) in [4.78, 5) is 23.4. The maximum atomic E-state index is 12.5. The Bertz CT molecular complexity index is 550. The van der Waals surface area contributed by atoms with Crippen molar-refractivity contribution < 1.29 is 32.6 Å². The van der Waals surface area contributed by atoms with Crippen molar-refractivity contribution in [3.63, 3.8) is 0 Å². The summed E-state index contributed by atoms with van der Waals surface area (Å²) in [5.74, 6) is -1.77. The third kappa shape index (κ3) is 3.07. The van der Waals surface area contributed by atoms with E-state index in [4.69, 9.17) is 4.74 Å². The Kier molecular flexibility index (Phi) is 4.04. The summed E-state index contributed by atoms with van der Waals surface area (Å²) in [6.07, 6.45) is -4.64. The fraction of sp³-hybridized carbons (Fsp3) is 0.429. The van der Waals surface area contributed by atoms with Crippen LogP contribution in [0.1, 0.15) is 17.5 Å². The van der Waals surface area contributed by atoms with Crippen LogP contribution in [0.4, 0.5) is 13.2 Å². The van der Waals surface area contributed by atoms with Gasteiger partial charge in [-0.25, -0.2) is 0 Å². The molecule has 1 atom stereocenters. The van der Waals surface area contributed by atoms with Crippen LogP contribution in [-0.2, 0) is 26.9 Å². The molecular weight excluding hydrogens is 289 g/mol. The quantitative estimate of drug-likeness (QED) is 0.870. The van der Waals surface area contributed by atoms with Gasteiger partial charge in [0.2, 0.25) is 0 Å². The van der Waals surface area contributed by atoms with E-state index in [1.54, 1.807) is 0 Å². The predicted octanol–water partition coefficient (Wildman–Crippen LogP) is 2.31. The van der Waals surface area contributed by atoms with E-state index in [1.807, 2.05) is 0 Å². The van der Waals surface area contributed by atoms with E-state index in [-0.39, 0.29) is 26.1 Å². The smallest absolute Gasteiger partial charge is 0.416 e. The molecular formula is C14H13F3O4. The average molecular weight is 302 g/mol. The molecule has 1 N–H and O–H groups in total. The van der Waals surface area contributed by atoms with E-state index in [2.05, 4.69) is 0 Å². The molecule has 1 aromatic carbocycles. The number of ether oxygens (including phenoxy) is 1. The third-order valence-electron chi connectivity index (χ3n) is 3.55. The van der Waals surface area contributed by atoms with Crippen molar-refractivity contribution in [2.24, 2.45) is 5.41 Å². The number of alkyl halides is 3.